The molecule has 2 heterocycles. The van der Waals surface area contributed by atoms with Gasteiger partial charge in [-0.3, -0.25) is 4.90 Å². The monoisotopic (exact) mass is 276 g/mol. The Bertz CT molecular complexity index is 538. The molecule has 0 aliphatic carbocycles. The summed E-state index contributed by atoms with van der Waals surface area (Å²) in [6.45, 7) is 5.58. The first-order chi connectivity index (χ1) is 9.42. The molecular formula is C15H20N2O3. The third-order valence-corrected chi connectivity index (χ3v) is 3.94. The fourth-order valence-electron chi connectivity index (χ4n) is 3.28. The van der Waals surface area contributed by atoms with E-state index in [2.05, 4.69) is 5.48 Å². The fourth-order valence-corrected chi connectivity index (χ4v) is 3.28. The van der Waals surface area contributed by atoms with E-state index in [9.17, 15) is 10.0 Å². The van der Waals surface area contributed by atoms with Gasteiger partial charge in [-0.1, -0.05) is 24.3 Å². The Morgan fingerprint density at radius 3 is 2.60 bits per heavy atom. The number of nitrogens with one attached hydrogen (secondary N) is 1. The van der Waals surface area contributed by atoms with E-state index in [0.29, 0.717) is 6.42 Å². The van der Waals surface area contributed by atoms with E-state index < -0.39 is 5.60 Å². The lowest BCUT2D eigenvalue weighted by Crippen LogP contribution is -2.38. The smallest absolute Gasteiger partial charge is 0.411 e. The molecule has 0 aromatic heterocycles. The van der Waals surface area contributed by atoms with Crippen molar-refractivity contribution in [2.75, 3.05) is 0 Å². The molecule has 1 aromatic rings. The normalized spacial score (nSPS) is 27.6. The molecule has 2 aliphatic heterocycles. The van der Waals surface area contributed by atoms with Gasteiger partial charge in [-0.2, -0.15) is 0 Å². The summed E-state index contributed by atoms with van der Waals surface area (Å²) < 4.78 is 5.50. The van der Waals surface area contributed by atoms with Crippen LogP contribution in [0.25, 0.3) is 0 Å². The maximum atomic E-state index is 12.4. The molecule has 1 aromatic carbocycles. The van der Waals surface area contributed by atoms with Gasteiger partial charge in [-0.25, -0.2) is 10.3 Å². The molecule has 2 N–H and O–H groups in total. The minimum Gasteiger partial charge on any atom is -0.444 e. The largest absolute Gasteiger partial charge is 0.444 e. The van der Waals surface area contributed by atoms with Gasteiger partial charge in [0, 0.05) is 0 Å². The molecule has 2 aliphatic rings. The van der Waals surface area contributed by atoms with Crippen molar-refractivity contribution in [3.8, 4) is 0 Å². The molecule has 3 rings (SSSR count). The highest BCUT2D eigenvalue weighted by atomic mass is 16.6. The van der Waals surface area contributed by atoms with Crippen LogP contribution in [0, 0.1) is 0 Å². The van der Waals surface area contributed by atoms with E-state index in [1.807, 2.05) is 45.0 Å². The molecule has 1 saturated heterocycles. The summed E-state index contributed by atoms with van der Waals surface area (Å²) in [5.41, 5.74) is 4.07. The molecule has 2 bridgehead atoms. The average molecular weight is 276 g/mol. The number of ether oxygens (including phenoxy) is 1. The molecule has 3 atom stereocenters. The van der Waals surface area contributed by atoms with Crippen LogP contribution >= 0.6 is 0 Å². The lowest BCUT2D eigenvalue weighted by molar-refractivity contribution is 0.0145. The Morgan fingerprint density at radius 2 is 2.00 bits per heavy atom. The lowest BCUT2D eigenvalue weighted by atomic mass is 9.89. The zero-order valence-corrected chi connectivity index (χ0v) is 12.0. The Balaban J connectivity index is 1.93. The van der Waals surface area contributed by atoms with E-state index in [0.717, 1.165) is 11.1 Å². The first-order valence-corrected chi connectivity index (χ1v) is 6.92. The predicted molar refractivity (Wildman–Crippen MR) is 73.3 cm³/mol. The van der Waals surface area contributed by atoms with Crippen LogP contribution in [0.5, 0.6) is 0 Å². The number of hydrogen-bond donors (Lipinski definition) is 2. The standard InChI is InChI=1S/C15H20N2O3/c1-15(2,3)20-14(18)17-12-8-11(16-19)13(17)10-7-5-4-6-9(10)12/h4-7,11-13,16,19H,8H2,1-3H3/t11-,12+,13+/m1/s1. The molecule has 20 heavy (non-hydrogen) atoms. The Kier molecular flexibility index (Phi) is 2.99. The Hall–Kier alpha value is -1.59. The third-order valence-electron chi connectivity index (χ3n) is 3.94. The first kappa shape index (κ1) is 13.4. The molecule has 0 saturated carbocycles. The van der Waals surface area contributed by atoms with Gasteiger partial charge in [0.1, 0.15) is 5.60 Å². The van der Waals surface area contributed by atoms with Crippen molar-refractivity contribution in [1.82, 2.24) is 10.4 Å². The number of hydroxylamine groups is 1. The van der Waals surface area contributed by atoms with Crippen molar-refractivity contribution in [2.24, 2.45) is 0 Å². The Morgan fingerprint density at radius 1 is 1.35 bits per heavy atom. The third kappa shape index (κ3) is 1.98. The lowest BCUT2D eigenvalue weighted by Gasteiger charge is -2.28. The Labute approximate surface area is 118 Å². The van der Waals surface area contributed by atoms with Gasteiger partial charge in [-0.15, -0.1) is 0 Å². The second-order valence-electron chi connectivity index (χ2n) is 6.45. The van der Waals surface area contributed by atoms with Crippen LogP contribution in [0.3, 0.4) is 0 Å². The molecule has 108 valence electrons. The van der Waals surface area contributed by atoms with Crippen LogP contribution in [-0.2, 0) is 4.74 Å². The van der Waals surface area contributed by atoms with E-state index in [-0.39, 0.29) is 24.2 Å². The van der Waals surface area contributed by atoms with Crippen molar-refractivity contribution >= 4 is 6.09 Å². The van der Waals surface area contributed by atoms with Gasteiger partial charge in [0.2, 0.25) is 0 Å². The number of nitrogens with zero attached hydrogens (tertiary/aromatic N) is 1. The SMILES string of the molecule is CC(C)(C)OC(=O)N1[C@H]2C[C@@H](NO)[C@@H]1c1ccccc12. The molecule has 0 unspecified atom stereocenters. The highest BCUT2D eigenvalue weighted by Gasteiger charge is 2.53. The molecule has 5 heteroatoms. The van der Waals surface area contributed by atoms with Gasteiger partial charge in [0.15, 0.2) is 0 Å². The molecule has 0 radical (unpaired) electrons. The van der Waals surface area contributed by atoms with Crippen molar-refractivity contribution in [1.29, 1.82) is 0 Å². The summed E-state index contributed by atoms with van der Waals surface area (Å²) >= 11 is 0. The van der Waals surface area contributed by atoms with Gasteiger partial charge < -0.3 is 9.94 Å². The van der Waals surface area contributed by atoms with E-state index in [1.54, 1.807) is 4.90 Å². The highest BCUT2D eigenvalue weighted by molar-refractivity contribution is 5.72. The van der Waals surface area contributed by atoms with Crippen molar-refractivity contribution in [3.63, 3.8) is 0 Å². The number of amides is 1. The number of fused-ring (bicyclic) bond motifs is 5. The van der Waals surface area contributed by atoms with Crippen LogP contribution in [0.2, 0.25) is 0 Å². The summed E-state index contributed by atoms with van der Waals surface area (Å²) in [6, 6.07) is 7.69. The van der Waals surface area contributed by atoms with Crippen molar-refractivity contribution < 1.29 is 14.7 Å². The van der Waals surface area contributed by atoms with Crippen molar-refractivity contribution in [3.05, 3.63) is 35.4 Å². The molecule has 5 nitrogen and oxygen atoms in total. The molecular weight excluding hydrogens is 256 g/mol. The zero-order valence-electron chi connectivity index (χ0n) is 12.0. The van der Waals surface area contributed by atoms with Crippen molar-refractivity contribution in [2.45, 2.75) is 50.9 Å². The van der Waals surface area contributed by atoms with Crippen LogP contribution in [-0.4, -0.2) is 27.8 Å². The van der Waals surface area contributed by atoms with Gasteiger partial charge in [-0.05, 0) is 38.3 Å². The minimum absolute atomic E-state index is 0.0179. The number of carbonyl (C=O) groups is 1. The molecule has 1 amide bonds. The summed E-state index contributed by atoms with van der Waals surface area (Å²) in [5.74, 6) is 0. The average Bonchev–Trinajstić information content (AvgIpc) is 2.90. The number of rotatable bonds is 1. The fraction of sp³-hybridized carbons (Fsp3) is 0.533. The second-order valence-corrected chi connectivity index (χ2v) is 6.45. The molecule has 0 spiro atoms. The van der Waals surface area contributed by atoms with Crippen LogP contribution in [0.4, 0.5) is 4.79 Å². The second kappa shape index (κ2) is 4.46. The van der Waals surface area contributed by atoms with E-state index >= 15 is 0 Å². The maximum Gasteiger partial charge on any atom is 0.411 e. The first-order valence-electron chi connectivity index (χ1n) is 6.92. The number of hydrogen-bond acceptors (Lipinski definition) is 4. The van der Waals surface area contributed by atoms with E-state index in [1.165, 1.54) is 0 Å². The predicted octanol–water partition coefficient (Wildman–Crippen LogP) is 2.77. The number of benzene rings is 1. The molecule has 1 fully saturated rings. The van der Waals surface area contributed by atoms with Crippen LogP contribution in [0.15, 0.2) is 24.3 Å². The topological polar surface area (TPSA) is 61.8 Å². The van der Waals surface area contributed by atoms with Gasteiger partial charge in [0.05, 0.1) is 18.1 Å². The summed E-state index contributed by atoms with van der Waals surface area (Å²) in [5, 5.41) is 9.32. The van der Waals surface area contributed by atoms with E-state index in [4.69, 9.17) is 4.74 Å². The number of carbonyl (C=O) groups excluding carboxylic acids is 1. The zero-order chi connectivity index (χ0) is 14.5. The maximum absolute atomic E-state index is 12.4. The van der Waals surface area contributed by atoms with Crippen LogP contribution < -0.4 is 5.48 Å². The summed E-state index contributed by atoms with van der Waals surface area (Å²) in [6.07, 6.45) is 0.388. The summed E-state index contributed by atoms with van der Waals surface area (Å²) in [4.78, 5) is 14.2. The minimum atomic E-state index is -0.520. The van der Waals surface area contributed by atoms with Gasteiger partial charge >= 0.3 is 6.09 Å². The van der Waals surface area contributed by atoms with Gasteiger partial charge in [0.25, 0.3) is 0 Å². The quantitative estimate of drug-likeness (QED) is 0.774. The highest BCUT2D eigenvalue weighted by Crippen LogP contribution is 2.53. The summed E-state index contributed by atoms with van der Waals surface area (Å²) in [7, 11) is 0. The van der Waals surface area contributed by atoms with Crippen LogP contribution in [0.1, 0.15) is 50.4 Å².